The van der Waals surface area contributed by atoms with Crippen LogP contribution in [0, 0.1) is 0 Å². The number of ketones is 1. The molecule has 0 saturated heterocycles. The summed E-state index contributed by atoms with van der Waals surface area (Å²) in [5.74, 6) is 1.24. The zero-order valence-corrected chi connectivity index (χ0v) is 11.3. The molecule has 0 bridgehead atoms. The molecule has 0 amide bonds. The number of Topliss-reactive ketones (excluding diaryl/α,β-unsaturated/α-hetero) is 1. The Morgan fingerprint density at radius 1 is 1.10 bits per heavy atom. The largest absolute Gasteiger partial charge is 0.353 e. The van der Waals surface area contributed by atoms with Crippen LogP contribution in [0.25, 0.3) is 0 Å². The summed E-state index contributed by atoms with van der Waals surface area (Å²) in [6.07, 6.45) is 2.27. The molecule has 4 rings (SSSR count). The van der Waals surface area contributed by atoms with E-state index in [0.29, 0.717) is 18.1 Å². The Morgan fingerprint density at radius 2 is 1.90 bits per heavy atom. The molecule has 0 fully saturated rings. The first-order valence-corrected chi connectivity index (χ1v) is 7.00. The Kier molecular flexibility index (Phi) is 2.73. The molecule has 0 saturated carbocycles. The molecule has 21 heavy (non-hydrogen) atoms. The van der Waals surface area contributed by atoms with E-state index < -0.39 is 0 Å². The minimum absolute atomic E-state index is 0.173. The van der Waals surface area contributed by atoms with Gasteiger partial charge in [-0.2, -0.15) is 0 Å². The number of nitrogens with one attached hydrogen (secondary N) is 2. The molecular formula is C15H14N4O2. The SMILES string of the molecule is O=C1CCCC2=C1C(c1ccccc1)Nc1nonc1N2. The predicted octanol–water partition coefficient (Wildman–Crippen LogP) is 2.66. The van der Waals surface area contributed by atoms with Crippen molar-refractivity contribution in [3.63, 3.8) is 0 Å². The molecule has 1 aliphatic heterocycles. The maximum atomic E-state index is 12.4. The summed E-state index contributed by atoms with van der Waals surface area (Å²) in [5.41, 5.74) is 2.73. The molecule has 1 aliphatic carbocycles. The zero-order valence-electron chi connectivity index (χ0n) is 11.3. The third-order valence-electron chi connectivity index (χ3n) is 3.92. The first-order chi connectivity index (χ1) is 10.3. The van der Waals surface area contributed by atoms with Gasteiger partial charge >= 0.3 is 0 Å². The van der Waals surface area contributed by atoms with E-state index in [1.165, 1.54) is 0 Å². The van der Waals surface area contributed by atoms with E-state index in [4.69, 9.17) is 4.63 Å². The Bertz CT molecular complexity index is 720. The summed E-state index contributed by atoms with van der Waals surface area (Å²) in [6.45, 7) is 0. The summed E-state index contributed by atoms with van der Waals surface area (Å²) >= 11 is 0. The minimum Gasteiger partial charge on any atom is -0.353 e. The number of aromatic nitrogens is 2. The van der Waals surface area contributed by atoms with Crippen LogP contribution in [0.5, 0.6) is 0 Å². The second-order valence-corrected chi connectivity index (χ2v) is 5.24. The van der Waals surface area contributed by atoms with Crippen LogP contribution in [0.1, 0.15) is 30.9 Å². The van der Waals surface area contributed by atoms with E-state index in [1.54, 1.807) is 0 Å². The highest BCUT2D eigenvalue weighted by Crippen LogP contribution is 2.38. The Morgan fingerprint density at radius 3 is 2.76 bits per heavy atom. The fourth-order valence-corrected chi connectivity index (χ4v) is 2.94. The smallest absolute Gasteiger partial charge is 0.219 e. The average molecular weight is 282 g/mol. The number of hydrogen-bond donors (Lipinski definition) is 2. The van der Waals surface area contributed by atoms with Crippen molar-refractivity contribution in [2.45, 2.75) is 25.3 Å². The van der Waals surface area contributed by atoms with Gasteiger partial charge in [-0.25, -0.2) is 4.63 Å². The van der Waals surface area contributed by atoms with Crippen molar-refractivity contribution in [1.82, 2.24) is 10.3 Å². The molecule has 2 N–H and O–H groups in total. The van der Waals surface area contributed by atoms with Crippen LogP contribution in [0.3, 0.4) is 0 Å². The number of benzene rings is 1. The standard InChI is InChI=1S/C15H14N4O2/c20-11-8-4-7-10-12(11)13(9-5-2-1-3-6-9)17-15-14(16-10)18-21-19-15/h1-3,5-6,13H,4,7-8H2,(H,16,18)(H,17,19). The van der Waals surface area contributed by atoms with Crippen molar-refractivity contribution in [2.75, 3.05) is 10.6 Å². The molecule has 6 nitrogen and oxygen atoms in total. The molecule has 1 unspecified atom stereocenters. The summed E-state index contributed by atoms with van der Waals surface area (Å²) in [7, 11) is 0. The van der Waals surface area contributed by atoms with Gasteiger partial charge in [0.2, 0.25) is 11.6 Å². The van der Waals surface area contributed by atoms with Crippen molar-refractivity contribution in [2.24, 2.45) is 0 Å². The summed E-state index contributed by atoms with van der Waals surface area (Å²) in [5, 5.41) is 14.2. The average Bonchev–Trinajstić information content (AvgIpc) is 2.87. The van der Waals surface area contributed by atoms with Gasteiger partial charge < -0.3 is 10.6 Å². The van der Waals surface area contributed by atoms with Gasteiger partial charge in [0.1, 0.15) is 0 Å². The molecule has 2 aromatic rings. The number of fused-ring (bicyclic) bond motifs is 1. The van der Waals surface area contributed by atoms with Crippen LogP contribution >= 0.6 is 0 Å². The third-order valence-corrected chi connectivity index (χ3v) is 3.92. The lowest BCUT2D eigenvalue weighted by Crippen LogP contribution is -2.23. The topological polar surface area (TPSA) is 80.1 Å². The van der Waals surface area contributed by atoms with Crippen LogP contribution < -0.4 is 10.6 Å². The second-order valence-electron chi connectivity index (χ2n) is 5.24. The number of carbonyl (C=O) groups is 1. The van der Waals surface area contributed by atoms with Gasteiger partial charge in [-0.15, -0.1) is 0 Å². The number of allylic oxidation sites excluding steroid dienone is 1. The second kappa shape index (κ2) is 4.73. The first-order valence-electron chi connectivity index (χ1n) is 7.00. The normalized spacial score (nSPS) is 21.0. The summed E-state index contributed by atoms with van der Waals surface area (Å²) in [6, 6.07) is 9.66. The molecule has 106 valence electrons. The molecule has 2 heterocycles. The number of anilines is 2. The van der Waals surface area contributed by atoms with Crippen molar-refractivity contribution in [3.05, 3.63) is 47.2 Å². The van der Waals surface area contributed by atoms with Crippen LogP contribution in [0.4, 0.5) is 11.6 Å². The highest BCUT2D eigenvalue weighted by atomic mass is 16.6. The minimum atomic E-state index is -0.227. The fourth-order valence-electron chi connectivity index (χ4n) is 2.94. The van der Waals surface area contributed by atoms with E-state index in [1.807, 2.05) is 30.3 Å². The Balaban J connectivity index is 1.87. The van der Waals surface area contributed by atoms with Crippen LogP contribution in [-0.2, 0) is 4.79 Å². The number of rotatable bonds is 1. The van der Waals surface area contributed by atoms with Gasteiger partial charge in [-0.3, -0.25) is 4.79 Å². The van der Waals surface area contributed by atoms with Crippen LogP contribution in [0.2, 0.25) is 0 Å². The molecular weight excluding hydrogens is 268 g/mol. The van der Waals surface area contributed by atoms with Gasteiger partial charge in [0.25, 0.3) is 0 Å². The predicted molar refractivity (Wildman–Crippen MR) is 76.6 cm³/mol. The molecule has 2 aliphatic rings. The molecule has 6 heteroatoms. The van der Waals surface area contributed by atoms with Crippen LogP contribution in [0.15, 0.2) is 46.2 Å². The van der Waals surface area contributed by atoms with Crippen molar-refractivity contribution >= 4 is 17.4 Å². The van der Waals surface area contributed by atoms with Gasteiger partial charge in [0, 0.05) is 17.7 Å². The summed E-state index contributed by atoms with van der Waals surface area (Å²) < 4.78 is 4.78. The van der Waals surface area contributed by atoms with E-state index in [9.17, 15) is 4.79 Å². The van der Waals surface area contributed by atoms with E-state index in [2.05, 4.69) is 20.9 Å². The lowest BCUT2D eigenvalue weighted by atomic mass is 9.87. The Labute approximate surface area is 121 Å². The first kappa shape index (κ1) is 12.1. The maximum absolute atomic E-state index is 12.4. The zero-order chi connectivity index (χ0) is 14.2. The fraction of sp³-hybridized carbons (Fsp3) is 0.267. The maximum Gasteiger partial charge on any atom is 0.219 e. The number of carbonyl (C=O) groups excluding carboxylic acids is 1. The lowest BCUT2D eigenvalue weighted by molar-refractivity contribution is -0.116. The molecule has 0 spiro atoms. The highest BCUT2D eigenvalue weighted by molar-refractivity contribution is 6.00. The van der Waals surface area contributed by atoms with Gasteiger partial charge in [0.05, 0.1) is 6.04 Å². The lowest BCUT2D eigenvalue weighted by Gasteiger charge is -2.24. The highest BCUT2D eigenvalue weighted by Gasteiger charge is 2.33. The third kappa shape index (κ3) is 1.99. The molecule has 0 radical (unpaired) electrons. The van der Waals surface area contributed by atoms with E-state index in [0.717, 1.165) is 29.7 Å². The van der Waals surface area contributed by atoms with Crippen LogP contribution in [-0.4, -0.2) is 16.1 Å². The van der Waals surface area contributed by atoms with Gasteiger partial charge in [0.15, 0.2) is 5.78 Å². The van der Waals surface area contributed by atoms with E-state index in [-0.39, 0.29) is 11.8 Å². The monoisotopic (exact) mass is 282 g/mol. The van der Waals surface area contributed by atoms with Crippen molar-refractivity contribution < 1.29 is 9.42 Å². The van der Waals surface area contributed by atoms with Gasteiger partial charge in [-0.05, 0) is 28.7 Å². The Hall–Kier alpha value is -2.63. The molecule has 1 aromatic heterocycles. The van der Waals surface area contributed by atoms with Gasteiger partial charge in [-0.1, -0.05) is 30.3 Å². The molecule has 1 atom stereocenters. The quantitative estimate of drug-likeness (QED) is 0.837. The summed E-state index contributed by atoms with van der Waals surface area (Å²) in [4.78, 5) is 12.4. The van der Waals surface area contributed by atoms with Crippen molar-refractivity contribution in [3.8, 4) is 0 Å². The van der Waals surface area contributed by atoms with Crippen molar-refractivity contribution in [1.29, 1.82) is 0 Å². The number of hydrogen-bond acceptors (Lipinski definition) is 6. The number of nitrogens with zero attached hydrogens (tertiary/aromatic N) is 2. The molecule has 1 aromatic carbocycles. The van der Waals surface area contributed by atoms with E-state index >= 15 is 0 Å².